The van der Waals surface area contributed by atoms with E-state index < -0.39 is 10.9 Å². The molecule has 136 valence electrons. The minimum Gasteiger partial charge on any atom is -0.493 e. The van der Waals surface area contributed by atoms with Crippen molar-refractivity contribution in [2.45, 2.75) is 67.4 Å². The Balaban J connectivity index is 2.60. The number of benzene rings is 1. The van der Waals surface area contributed by atoms with Gasteiger partial charge in [-0.2, -0.15) is 0 Å². The van der Waals surface area contributed by atoms with Crippen LogP contribution in [-0.4, -0.2) is 12.7 Å². The summed E-state index contributed by atoms with van der Waals surface area (Å²) in [5, 5.41) is 0. The molecule has 0 saturated carbocycles. The zero-order chi connectivity index (χ0) is 18.9. The third kappa shape index (κ3) is 3.35. The van der Waals surface area contributed by atoms with E-state index in [9.17, 15) is 9.59 Å². The van der Waals surface area contributed by atoms with Gasteiger partial charge in [-0.3, -0.25) is 9.59 Å². The molecule has 0 aromatic heterocycles. The molecule has 0 unspecified atom stereocenters. The summed E-state index contributed by atoms with van der Waals surface area (Å²) in [6.07, 6.45) is 1.93. The van der Waals surface area contributed by atoms with Gasteiger partial charge in [0.05, 0.1) is 18.3 Å². The summed E-state index contributed by atoms with van der Waals surface area (Å²) >= 11 is 0. The van der Waals surface area contributed by atoms with Gasteiger partial charge in [0.25, 0.3) is 5.43 Å². The molecule has 4 nitrogen and oxygen atoms in total. The topological polar surface area (TPSA) is 52.6 Å². The Hall–Kier alpha value is -2.10. The molecule has 0 amide bonds. The summed E-state index contributed by atoms with van der Waals surface area (Å²) in [6, 6.07) is 0. The number of ether oxygens (including phenoxy) is 2. The highest BCUT2D eigenvalue weighted by Gasteiger charge is 2.29. The predicted octanol–water partition coefficient (Wildman–Crippen LogP) is 4.15. The highest BCUT2D eigenvalue weighted by Crippen LogP contribution is 2.40. The lowest BCUT2D eigenvalue weighted by atomic mass is 9.86. The normalized spacial score (nSPS) is 11.4. The minimum atomic E-state index is -0.527. The maximum absolute atomic E-state index is 12.3. The first-order valence-electron chi connectivity index (χ1n) is 8.95. The van der Waals surface area contributed by atoms with Gasteiger partial charge in [-0.05, 0) is 75.8 Å². The summed E-state index contributed by atoms with van der Waals surface area (Å²) in [5.41, 5.74) is 4.21. The minimum absolute atomic E-state index is 0.151. The SMILES string of the molecule is CCCCOc1c(C)c(C)c(-c2c(OC(C)C)c(=O)c2=O)c(C)c1C. The first kappa shape index (κ1) is 19.2. The fraction of sp³-hybridized carbons (Fsp3) is 0.524. The van der Waals surface area contributed by atoms with Crippen LogP contribution in [0.2, 0.25) is 0 Å². The third-order valence-electron chi connectivity index (χ3n) is 4.77. The Morgan fingerprint density at radius 2 is 1.36 bits per heavy atom. The Morgan fingerprint density at radius 1 is 0.800 bits per heavy atom. The molecule has 0 aliphatic carbocycles. The Morgan fingerprint density at radius 3 is 1.84 bits per heavy atom. The molecule has 0 aliphatic rings. The molecule has 0 saturated heterocycles. The molecule has 0 radical (unpaired) electrons. The van der Waals surface area contributed by atoms with Crippen molar-refractivity contribution in [2.75, 3.05) is 6.61 Å². The molecule has 2 aromatic rings. The lowest BCUT2D eigenvalue weighted by Gasteiger charge is -2.23. The van der Waals surface area contributed by atoms with Crippen molar-refractivity contribution in [3.05, 3.63) is 42.7 Å². The average Bonchev–Trinajstić information content (AvgIpc) is 2.58. The number of unbranched alkanes of at least 4 members (excludes halogenated alkanes) is 1. The molecular formula is C21H28O4. The van der Waals surface area contributed by atoms with E-state index >= 15 is 0 Å². The molecule has 0 heterocycles. The van der Waals surface area contributed by atoms with Crippen molar-refractivity contribution < 1.29 is 9.47 Å². The van der Waals surface area contributed by atoms with Crippen molar-refractivity contribution in [1.29, 1.82) is 0 Å². The fourth-order valence-electron chi connectivity index (χ4n) is 3.13. The molecule has 0 N–H and O–H groups in total. The van der Waals surface area contributed by atoms with Gasteiger partial charge in [0, 0.05) is 0 Å². The van der Waals surface area contributed by atoms with Crippen LogP contribution in [-0.2, 0) is 0 Å². The van der Waals surface area contributed by atoms with Crippen LogP contribution in [0, 0.1) is 27.7 Å². The third-order valence-corrected chi connectivity index (χ3v) is 4.77. The first-order chi connectivity index (χ1) is 11.7. The monoisotopic (exact) mass is 344 g/mol. The summed E-state index contributed by atoms with van der Waals surface area (Å²) in [5.74, 6) is 1.09. The molecular weight excluding hydrogens is 316 g/mol. The summed E-state index contributed by atoms with van der Waals surface area (Å²) < 4.78 is 11.6. The van der Waals surface area contributed by atoms with Gasteiger partial charge in [-0.25, -0.2) is 0 Å². The Bertz CT molecular complexity index is 823. The van der Waals surface area contributed by atoms with E-state index in [0.717, 1.165) is 46.4 Å². The van der Waals surface area contributed by atoms with E-state index in [1.807, 2.05) is 41.5 Å². The molecule has 0 spiro atoms. The van der Waals surface area contributed by atoms with Crippen molar-refractivity contribution in [2.24, 2.45) is 0 Å². The maximum Gasteiger partial charge on any atom is 0.268 e. The highest BCUT2D eigenvalue weighted by atomic mass is 16.5. The van der Waals surface area contributed by atoms with Gasteiger partial charge in [-0.1, -0.05) is 13.3 Å². The van der Waals surface area contributed by atoms with E-state index in [2.05, 4.69) is 6.92 Å². The van der Waals surface area contributed by atoms with Crippen molar-refractivity contribution in [3.8, 4) is 22.6 Å². The molecule has 25 heavy (non-hydrogen) atoms. The van der Waals surface area contributed by atoms with Crippen LogP contribution in [0.1, 0.15) is 55.9 Å². The second-order valence-electron chi connectivity index (χ2n) is 6.94. The molecule has 4 heteroatoms. The largest absolute Gasteiger partial charge is 0.493 e. The van der Waals surface area contributed by atoms with Crippen LogP contribution in [0.25, 0.3) is 11.1 Å². The van der Waals surface area contributed by atoms with Crippen molar-refractivity contribution in [3.63, 3.8) is 0 Å². The van der Waals surface area contributed by atoms with Crippen LogP contribution in [0.15, 0.2) is 9.59 Å². The maximum atomic E-state index is 12.3. The van der Waals surface area contributed by atoms with Crippen molar-refractivity contribution >= 4 is 0 Å². The second-order valence-corrected chi connectivity index (χ2v) is 6.94. The summed E-state index contributed by atoms with van der Waals surface area (Å²) in [4.78, 5) is 24.2. The van der Waals surface area contributed by atoms with Crippen LogP contribution in [0.5, 0.6) is 11.5 Å². The van der Waals surface area contributed by atoms with E-state index in [4.69, 9.17) is 9.47 Å². The standard InChI is InChI=1S/C21H28O4/c1-8-9-10-24-20-14(6)12(4)16(13(5)15(20)7)17-18(22)19(23)21(17)25-11(2)3/h11H,8-10H2,1-7H3. The van der Waals surface area contributed by atoms with Gasteiger partial charge < -0.3 is 9.47 Å². The van der Waals surface area contributed by atoms with Crippen LogP contribution in [0.3, 0.4) is 0 Å². The van der Waals surface area contributed by atoms with Crippen LogP contribution in [0.4, 0.5) is 0 Å². The highest BCUT2D eigenvalue weighted by molar-refractivity contribution is 5.82. The van der Waals surface area contributed by atoms with Gasteiger partial charge in [0.1, 0.15) is 5.75 Å². The average molecular weight is 344 g/mol. The second kappa shape index (κ2) is 7.42. The lowest BCUT2D eigenvalue weighted by molar-refractivity contribution is 0.238. The predicted molar refractivity (Wildman–Crippen MR) is 102 cm³/mol. The van der Waals surface area contributed by atoms with E-state index in [-0.39, 0.29) is 11.9 Å². The van der Waals surface area contributed by atoms with E-state index in [1.54, 1.807) is 0 Å². The van der Waals surface area contributed by atoms with E-state index in [1.165, 1.54) is 0 Å². The fourth-order valence-corrected chi connectivity index (χ4v) is 3.13. The Labute approximate surface area is 149 Å². The first-order valence-corrected chi connectivity index (χ1v) is 8.95. The molecule has 2 rings (SSSR count). The zero-order valence-corrected chi connectivity index (χ0v) is 16.3. The molecule has 2 aromatic carbocycles. The summed E-state index contributed by atoms with van der Waals surface area (Å²) in [6.45, 7) is 14.5. The molecule has 0 atom stereocenters. The smallest absolute Gasteiger partial charge is 0.268 e. The van der Waals surface area contributed by atoms with Gasteiger partial charge >= 0.3 is 0 Å². The zero-order valence-electron chi connectivity index (χ0n) is 16.3. The van der Waals surface area contributed by atoms with Crippen LogP contribution >= 0.6 is 0 Å². The number of rotatable bonds is 7. The Kier molecular flexibility index (Phi) is 5.71. The number of hydrogen-bond donors (Lipinski definition) is 0. The molecule has 0 aliphatic heterocycles. The van der Waals surface area contributed by atoms with E-state index in [0.29, 0.717) is 12.2 Å². The van der Waals surface area contributed by atoms with Gasteiger partial charge in [0.2, 0.25) is 5.43 Å². The summed E-state index contributed by atoms with van der Waals surface area (Å²) in [7, 11) is 0. The molecule has 0 bridgehead atoms. The van der Waals surface area contributed by atoms with Gasteiger partial charge in [-0.15, -0.1) is 0 Å². The quantitative estimate of drug-likeness (QED) is 0.559. The van der Waals surface area contributed by atoms with Crippen molar-refractivity contribution in [1.82, 2.24) is 0 Å². The lowest BCUT2D eigenvalue weighted by Crippen LogP contribution is -2.36. The number of hydrogen-bond acceptors (Lipinski definition) is 4. The molecule has 0 fully saturated rings. The van der Waals surface area contributed by atoms with Crippen LogP contribution < -0.4 is 20.3 Å². The van der Waals surface area contributed by atoms with Gasteiger partial charge in [0.15, 0.2) is 5.75 Å².